The van der Waals surface area contributed by atoms with Crippen LogP contribution >= 0.6 is 12.4 Å². The van der Waals surface area contributed by atoms with E-state index in [0.29, 0.717) is 0 Å². The second-order valence-corrected chi connectivity index (χ2v) is 1.15. The van der Waals surface area contributed by atoms with Crippen LogP contribution in [0.15, 0.2) is 0 Å². The summed E-state index contributed by atoms with van der Waals surface area (Å²) in [4.78, 5) is 9.59. The van der Waals surface area contributed by atoms with Crippen LogP contribution in [-0.4, -0.2) is 19.0 Å². The van der Waals surface area contributed by atoms with Gasteiger partial charge in [-0.2, -0.15) is 0 Å². The highest BCUT2D eigenvalue weighted by Crippen LogP contribution is 1.60. The van der Waals surface area contributed by atoms with Gasteiger partial charge < -0.3 is 16.2 Å². The third-order valence-electron chi connectivity index (χ3n) is 0.287. The molecule has 0 aliphatic carbocycles. The molecule has 0 rings (SSSR count). The van der Waals surface area contributed by atoms with Gasteiger partial charge in [0.25, 0.3) is 0 Å². The first-order valence-corrected chi connectivity index (χ1v) is 2.14. The second-order valence-electron chi connectivity index (χ2n) is 1.15. The number of hydrogen-bond donors (Lipinski definition) is 3. The highest BCUT2D eigenvalue weighted by atomic mass is 35.5. The van der Waals surface area contributed by atoms with Gasteiger partial charge in [-0.25, -0.2) is 0 Å². The molecule has 0 unspecified atom stereocenters. The topological polar surface area (TPSA) is 102 Å². The molecule has 0 bridgehead atoms. The summed E-state index contributed by atoms with van der Waals surface area (Å²) in [5, 5.41) is 6.06. The predicted molar refractivity (Wildman–Crippen MR) is 41.0 cm³/mol. The average molecular weight is 170 g/mol. The molecule has 0 aliphatic rings. The molecule has 0 spiro atoms. The summed E-state index contributed by atoms with van der Waals surface area (Å²) < 4.78 is 4.11. The van der Waals surface area contributed by atoms with Gasteiger partial charge in [0, 0.05) is 6.92 Å². The van der Waals surface area contributed by atoms with Crippen LogP contribution in [-0.2, 0) is 9.53 Å². The Balaban J connectivity index is -0.0000000910. The van der Waals surface area contributed by atoms with Crippen LogP contribution < -0.4 is 11.5 Å². The van der Waals surface area contributed by atoms with Gasteiger partial charge >= 0.3 is 5.97 Å². The maximum atomic E-state index is 9.59. The average Bonchev–Trinajstić information content (AvgIpc) is 1.65. The number of carbonyl (C=O) groups excluding carboxylic acids is 1. The van der Waals surface area contributed by atoms with Crippen molar-refractivity contribution in [3.63, 3.8) is 0 Å². The van der Waals surface area contributed by atoms with Crippen LogP contribution in [0.1, 0.15) is 6.92 Å². The molecular weight excluding hydrogens is 158 g/mol. The molecule has 0 saturated carbocycles. The van der Waals surface area contributed by atoms with Crippen molar-refractivity contribution in [2.45, 2.75) is 6.92 Å². The Morgan fingerprint density at radius 3 is 1.60 bits per heavy atom. The Morgan fingerprint density at radius 2 is 1.60 bits per heavy atom. The number of nitrogens with two attached hydrogens (primary N) is 2. The van der Waals surface area contributed by atoms with E-state index in [9.17, 15) is 4.79 Å². The Labute approximate surface area is 65.6 Å². The number of ether oxygens (including phenoxy) is 1. The van der Waals surface area contributed by atoms with Gasteiger partial charge in [-0.3, -0.25) is 10.2 Å². The fourth-order valence-electron chi connectivity index (χ4n) is 0. The van der Waals surface area contributed by atoms with Crippen molar-refractivity contribution in [1.29, 1.82) is 5.41 Å². The van der Waals surface area contributed by atoms with Crippen molar-refractivity contribution < 1.29 is 9.53 Å². The summed E-state index contributed by atoms with van der Waals surface area (Å²) in [6.07, 6.45) is 0. The Kier molecular flexibility index (Phi) is 17.5. The van der Waals surface area contributed by atoms with Crippen molar-refractivity contribution in [3.05, 3.63) is 0 Å². The predicted octanol–water partition coefficient (Wildman–Crippen LogP) is -0.560. The Morgan fingerprint density at radius 1 is 1.50 bits per heavy atom. The maximum absolute atomic E-state index is 9.59. The zero-order chi connectivity index (χ0) is 7.86. The van der Waals surface area contributed by atoms with Gasteiger partial charge in [-0.1, -0.05) is 0 Å². The monoisotopic (exact) mass is 169 g/mol. The molecule has 0 fully saturated rings. The molecule has 0 saturated heterocycles. The number of carbonyl (C=O) groups is 1. The van der Waals surface area contributed by atoms with Gasteiger partial charge in [0.2, 0.25) is 0 Å². The number of halogens is 1. The SMILES string of the molecule is COC(C)=O.Cl.N=C(N)N. The van der Waals surface area contributed by atoms with E-state index in [-0.39, 0.29) is 24.3 Å². The van der Waals surface area contributed by atoms with Crippen LogP contribution in [0.5, 0.6) is 0 Å². The molecule has 5 nitrogen and oxygen atoms in total. The van der Waals surface area contributed by atoms with Gasteiger partial charge in [0.15, 0.2) is 5.96 Å². The molecule has 0 aromatic carbocycles. The van der Waals surface area contributed by atoms with E-state index in [0.717, 1.165) is 0 Å². The number of rotatable bonds is 0. The molecule has 10 heavy (non-hydrogen) atoms. The van der Waals surface area contributed by atoms with E-state index >= 15 is 0 Å². The largest absolute Gasteiger partial charge is 0.469 e. The summed E-state index contributed by atoms with van der Waals surface area (Å²) in [6, 6.07) is 0. The number of nitrogens with one attached hydrogen (secondary N) is 1. The van der Waals surface area contributed by atoms with Crippen molar-refractivity contribution in [2.24, 2.45) is 11.5 Å². The number of esters is 1. The lowest BCUT2D eigenvalue weighted by atomic mass is 10.8. The molecule has 0 amide bonds. The highest BCUT2D eigenvalue weighted by molar-refractivity contribution is 5.85. The first kappa shape index (κ1) is 16.0. The lowest BCUT2D eigenvalue weighted by molar-refractivity contribution is -0.137. The fraction of sp³-hybridized carbons (Fsp3) is 0.500. The number of hydrogen-bond acceptors (Lipinski definition) is 3. The van der Waals surface area contributed by atoms with Crippen LogP contribution in [0.4, 0.5) is 0 Å². The van der Waals surface area contributed by atoms with E-state index in [1.807, 2.05) is 0 Å². The van der Waals surface area contributed by atoms with Gasteiger partial charge in [-0.05, 0) is 0 Å². The zero-order valence-corrected chi connectivity index (χ0v) is 6.70. The standard InChI is InChI=1S/C3H6O2.CH5N3.ClH/c1-3(4)5-2;2-1(3)4;/h1-2H3;(H5,2,3,4);1H. The molecule has 62 valence electrons. The summed E-state index contributed by atoms with van der Waals surface area (Å²) in [6.45, 7) is 1.36. The summed E-state index contributed by atoms with van der Waals surface area (Å²) in [5.74, 6) is -0.579. The minimum atomic E-state index is -0.333. The smallest absolute Gasteiger partial charge is 0.302 e. The lowest BCUT2D eigenvalue weighted by Crippen LogP contribution is -2.20. The van der Waals surface area contributed by atoms with Crippen molar-refractivity contribution in [1.82, 2.24) is 0 Å². The van der Waals surface area contributed by atoms with Crippen molar-refractivity contribution in [2.75, 3.05) is 7.11 Å². The second kappa shape index (κ2) is 10.9. The van der Waals surface area contributed by atoms with Gasteiger partial charge in [0.1, 0.15) is 0 Å². The zero-order valence-electron chi connectivity index (χ0n) is 5.88. The third kappa shape index (κ3) is 241. The minimum absolute atomic E-state index is 0. The number of methoxy groups -OCH3 is 1. The Bertz CT molecular complexity index is 103. The van der Waals surface area contributed by atoms with E-state index < -0.39 is 0 Å². The molecule has 0 radical (unpaired) electrons. The molecule has 6 heteroatoms. The molecule has 0 aliphatic heterocycles. The lowest BCUT2D eigenvalue weighted by Gasteiger charge is -1.80. The number of guanidine groups is 1. The van der Waals surface area contributed by atoms with Gasteiger partial charge in [0.05, 0.1) is 7.11 Å². The molecular formula is C4H12ClN3O2. The van der Waals surface area contributed by atoms with Crippen LogP contribution in [0.25, 0.3) is 0 Å². The van der Waals surface area contributed by atoms with Crippen LogP contribution in [0.2, 0.25) is 0 Å². The summed E-state index contributed by atoms with van der Waals surface area (Å²) >= 11 is 0. The Hall–Kier alpha value is -0.970. The molecule has 0 aromatic rings. The summed E-state index contributed by atoms with van der Waals surface area (Å²) in [5.41, 5.74) is 8.94. The van der Waals surface area contributed by atoms with Crippen LogP contribution in [0, 0.1) is 5.41 Å². The molecule has 0 atom stereocenters. The minimum Gasteiger partial charge on any atom is -0.469 e. The molecule has 5 N–H and O–H groups in total. The maximum Gasteiger partial charge on any atom is 0.302 e. The molecule has 0 aromatic heterocycles. The quantitative estimate of drug-likeness (QED) is 0.257. The van der Waals surface area contributed by atoms with E-state index in [2.05, 4.69) is 16.2 Å². The van der Waals surface area contributed by atoms with Gasteiger partial charge in [-0.15, -0.1) is 12.4 Å². The molecule has 0 heterocycles. The first-order valence-electron chi connectivity index (χ1n) is 2.14. The van der Waals surface area contributed by atoms with E-state index in [1.165, 1.54) is 14.0 Å². The van der Waals surface area contributed by atoms with E-state index in [1.54, 1.807) is 0 Å². The van der Waals surface area contributed by atoms with Crippen molar-refractivity contribution >= 4 is 24.3 Å². The van der Waals surface area contributed by atoms with Crippen molar-refractivity contribution in [3.8, 4) is 0 Å². The van der Waals surface area contributed by atoms with E-state index in [4.69, 9.17) is 5.41 Å². The third-order valence-corrected chi connectivity index (χ3v) is 0.287. The summed E-state index contributed by atoms with van der Waals surface area (Å²) in [7, 11) is 1.35. The highest BCUT2D eigenvalue weighted by Gasteiger charge is 1.75. The van der Waals surface area contributed by atoms with Crippen LogP contribution in [0.3, 0.4) is 0 Å². The fourth-order valence-corrected chi connectivity index (χ4v) is 0. The first-order chi connectivity index (χ1) is 4.00. The normalized spacial score (nSPS) is 5.80.